The molecule has 146 valence electrons. The van der Waals surface area contributed by atoms with Gasteiger partial charge >= 0.3 is 0 Å². The monoisotopic (exact) mass is 366 g/mol. The van der Waals surface area contributed by atoms with Crippen LogP contribution in [0.15, 0.2) is 0 Å². The van der Waals surface area contributed by atoms with E-state index < -0.39 is 0 Å². The zero-order valence-electron chi connectivity index (χ0n) is 15.4. The zero-order valence-corrected chi connectivity index (χ0v) is 15.4. The van der Waals surface area contributed by atoms with Gasteiger partial charge in [-0.05, 0) is 12.8 Å². The molecule has 1 saturated carbocycles. The third-order valence-corrected chi connectivity index (χ3v) is 6.33. The van der Waals surface area contributed by atoms with Crippen molar-refractivity contribution in [2.75, 3.05) is 46.1 Å². The second kappa shape index (κ2) is 7.11. The summed E-state index contributed by atoms with van der Waals surface area (Å²) in [5.41, 5.74) is -0.372. The van der Waals surface area contributed by atoms with Gasteiger partial charge in [0.05, 0.1) is 56.5 Å². The van der Waals surface area contributed by atoms with Crippen LogP contribution in [0.3, 0.4) is 0 Å². The maximum atomic E-state index is 13.0. The predicted octanol–water partition coefficient (Wildman–Crippen LogP) is 0.319. The quantitative estimate of drug-likeness (QED) is 0.416. The van der Waals surface area contributed by atoms with Crippen LogP contribution in [0.5, 0.6) is 0 Å². The van der Waals surface area contributed by atoms with Crippen LogP contribution in [-0.2, 0) is 23.7 Å². The van der Waals surface area contributed by atoms with Crippen molar-refractivity contribution in [3.05, 3.63) is 0 Å². The summed E-state index contributed by atoms with van der Waals surface area (Å²) in [5, 5.41) is 3.82. The SMILES string of the molecule is O=C1CCCCC1C(CC1CO1)(NCC1CO1)N(CC1CO1)CC1CO1. The van der Waals surface area contributed by atoms with Gasteiger partial charge in [0.25, 0.3) is 0 Å². The van der Waals surface area contributed by atoms with Gasteiger partial charge < -0.3 is 18.9 Å². The van der Waals surface area contributed by atoms with E-state index in [9.17, 15) is 4.79 Å². The molecular weight excluding hydrogens is 336 g/mol. The molecule has 0 aromatic rings. The molecule has 0 amide bonds. The highest BCUT2D eigenvalue weighted by atomic mass is 16.6. The Morgan fingerprint density at radius 1 is 0.923 bits per heavy atom. The molecule has 0 radical (unpaired) electrons. The van der Waals surface area contributed by atoms with Crippen molar-refractivity contribution in [3.63, 3.8) is 0 Å². The molecule has 0 aromatic heterocycles. The Balaban J connectivity index is 1.44. The van der Waals surface area contributed by atoms with Crippen LogP contribution in [-0.4, -0.2) is 86.8 Å². The lowest BCUT2D eigenvalue weighted by Crippen LogP contribution is -2.68. The second-order valence-corrected chi connectivity index (χ2v) is 8.50. The molecule has 7 heteroatoms. The smallest absolute Gasteiger partial charge is 0.139 e. The summed E-state index contributed by atoms with van der Waals surface area (Å²) < 4.78 is 22.2. The standard InChI is InChI=1S/C19H30N2O5/c22-18-4-2-1-3-17(18)19(5-13-9-23-13,20-6-14-10-24-14)21(7-15-11-25-15)8-16-12-26-16/h13-17,20H,1-12H2. The molecule has 5 aliphatic rings. The number of Topliss-reactive ketones (excluding diaryl/α,β-unsaturated/α-hetero) is 1. The van der Waals surface area contributed by atoms with Crippen molar-refractivity contribution in [2.24, 2.45) is 5.92 Å². The Labute approximate surface area is 154 Å². The maximum absolute atomic E-state index is 13.0. The molecule has 4 heterocycles. The van der Waals surface area contributed by atoms with E-state index in [0.29, 0.717) is 12.2 Å². The van der Waals surface area contributed by atoms with Crippen LogP contribution in [0.1, 0.15) is 32.1 Å². The average Bonchev–Trinajstić information content (AvgIpc) is 3.43. The van der Waals surface area contributed by atoms with Crippen molar-refractivity contribution in [2.45, 2.75) is 62.2 Å². The average molecular weight is 366 g/mol. The second-order valence-electron chi connectivity index (χ2n) is 8.50. The van der Waals surface area contributed by atoms with E-state index in [4.69, 9.17) is 18.9 Å². The van der Waals surface area contributed by atoms with Gasteiger partial charge in [0.2, 0.25) is 0 Å². The van der Waals surface area contributed by atoms with Gasteiger partial charge in [-0.25, -0.2) is 0 Å². The van der Waals surface area contributed by atoms with Gasteiger partial charge in [0.15, 0.2) is 0 Å². The Hall–Kier alpha value is -0.570. The lowest BCUT2D eigenvalue weighted by atomic mass is 9.75. The number of nitrogens with one attached hydrogen (secondary N) is 1. The predicted molar refractivity (Wildman–Crippen MR) is 92.8 cm³/mol. The summed E-state index contributed by atoms with van der Waals surface area (Å²) in [4.78, 5) is 15.5. The fraction of sp³-hybridized carbons (Fsp3) is 0.947. The number of ether oxygens (including phenoxy) is 4. The van der Waals surface area contributed by atoms with E-state index in [0.717, 1.165) is 71.7 Å². The Morgan fingerprint density at radius 2 is 1.54 bits per heavy atom. The number of hydrogen-bond acceptors (Lipinski definition) is 7. The molecule has 0 spiro atoms. The van der Waals surface area contributed by atoms with Gasteiger partial charge in [-0.3, -0.25) is 15.0 Å². The first-order chi connectivity index (χ1) is 12.7. The number of nitrogens with zero attached hydrogens (tertiary/aromatic N) is 1. The van der Waals surface area contributed by atoms with E-state index >= 15 is 0 Å². The van der Waals surface area contributed by atoms with Gasteiger partial charge in [-0.2, -0.15) is 0 Å². The summed E-state index contributed by atoms with van der Waals surface area (Å²) >= 11 is 0. The summed E-state index contributed by atoms with van der Waals surface area (Å²) in [6.07, 6.45) is 5.76. The third kappa shape index (κ3) is 4.13. The van der Waals surface area contributed by atoms with Crippen LogP contribution in [0.2, 0.25) is 0 Å². The van der Waals surface area contributed by atoms with Crippen LogP contribution in [0.4, 0.5) is 0 Å². The van der Waals surface area contributed by atoms with Gasteiger partial charge in [0.1, 0.15) is 5.78 Å². The highest BCUT2D eigenvalue weighted by Gasteiger charge is 2.53. The number of carbonyl (C=O) groups is 1. The minimum absolute atomic E-state index is 0.0108. The fourth-order valence-electron chi connectivity index (χ4n) is 4.54. The van der Waals surface area contributed by atoms with Gasteiger partial charge in [-0.1, -0.05) is 6.42 Å². The Bertz CT molecular complexity index is 516. The van der Waals surface area contributed by atoms with Crippen molar-refractivity contribution < 1.29 is 23.7 Å². The molecule has 6 atom stereocenters. The highest BCUT2D eigenvalue weighted by molar-refractivity contribution is 5.83. The summed E-state index contributed by atoms with van der Waals surface area (Å²) in [6.45, 7) is 5.77. The first-order valence-corrected chi connectivity index (χ1v) is 10.2. The van der Waals surface area contributed by atoms with E-state index in [1.807, 2.05) is 0 Å². The normalized spacial score (nSPS) is 40.3. The van der Waals surface area contributed by atoms with Crippen LogP contribution >= 0.6 is 0 Å². The first-order valence-electron chi connectivity index (χ1n) is 10.2. The Morgan fingerprint density at radius 3 is 2.08 bits per heavy atom. The van der Waals surface area contributed by atoms with Gasteiger partial charge in [0, 0.05) is 38.4 Å². The van der Waals surface area contributed by atoms with Crippen molar-refractivity contribution in [1.82, 2.24) is 10.2 Å². The largest absolute Gasteiger partial charge is 0.373 e. The molecule has 7 nitrogen and oxygen atoms in total. The highest BCUT2D eigenvalue weighted by Crippen LogP contribution is 2.40. The molecular formula is C19H30N2O5. The molecule has 4 aliphatic heterocycles. The molecule has 1 aliphatic carbocycles. The summed E-state index contributed by atoms with van der Waals surface area (Å²) in [5.74, 6) is 0.413. The number of ketones is 1. The van der Waals surface area contributed by atoms with E-state index in [-0.39, 0.29) is 36.0 Å². The lowest BCUT2D eigenvalue weighted by molar-refractivity contribution is -0.134. The minimum atomic E-state index is -0.372. The molecule has 6 unspecified atom stereocenters. The molecule has 5 rings (SSSR count). The van der Waals surface area contributed by atoms with Crippen LogP contribution in [0.25, 0.3) is 0 Å². The fourth-order valence-corrected chi connectivity index (χ4v) is 4.54. The minimum Gasteiger partial charge on any atom is -0.373 e. The lowest BCUT2D eigenvalue weighted by Gasteiger charge is -2.50. The third-order valence-electron chi connectivity index (χ3n) is 6.33. The van der Waals surface area contributed by atoms with Crippen molar-refractivity contribution in [1.29, 1.82) is 0 Å². The Kier molecular flexibility index (Phi) is 4.79. The van der Waals surface area contributed by atoms with E-state index in [1.54, 1.807) is 0 Å². The first kappa shape index (κ1) is 17.5. The molecule has 4 saturated heterocycles. The van der Waals surface area contributed by atoms with Crippen molar-refractivity contribution in [3.8, 4) is 0 Å². The van der Waals surface area contributed by atoms with Crippen LogP contribution in [0, 0.1) is 5.92 Å². The van der Waals surface area contributed by atoms with E-state index in [1.165, 1.54) is 0 Å². The molecule has 0 aromatic carbocycles. The van der Waals surface area contributed by atoms with Crippen LogP contribution < -0.4 is 5.32 Å². The number of rotatable bonds is 11. The topological polar surface area (TPSA) is 82.5 Å². The number of carbonyl (C=O) groups excluding carboxylic acids is 1. The van der Waals surface area contributed by atoms with Gasteiger partial charge in [-0.15, -0.1) is 0 Å². The summed E-state index contributed by atoms with van der Waals surface area (Å²) in [7, 11) is 0. The molecule has 1 N–H and O–H groups in total. The molecule has 26 heavy (non-hydrogen) atoms. The van der Waals surface area contributed by atoms with Crippen molar-refractivity contribution >= 4 is 5.78 Å². The maximum Gasteiger partial charge on any atom is 0.139 e. The van der Waals surface area contributed by atoms with E-state index in [2.05, 4.69) is 10.2 Å². The molecule has 5 fully saturated rings. The zero-order chi connectivity index (χ0) is 17.6. The summed E-state index contributed by atoms with van der Waals surface area (Å²) in [6, 6.07) is 0. The number of hydrogen-bond donors (Lipinski definition) is 1. The molecule has 0 bridgehead atoms. The number of epoxide rings is 4.